The highest BCUT2D eigenvalue weighted by molar-refractivity contribution is 7.99. The minimum Gasteiger partial charge on any atom is -0.455 e. The first-order valence-electron chi connectivity index (χ1n) is 9.48. The summed E-state index contributed by atoms with van der Waals surface area (Å²) in [4.78, 5) is 22.5. The summed E-state index contributed by atoms with van der Waals surface area (Å²) in [5, 5.41) is 4.10. The Bertz CT molecular complexity index is 1200. The summed E-state index contributed by atoms with van der Waals surface area (Å²) in [6.07, 6.45) is 3.23. The van der Waals surface area contributed by atoms with E-state index in [1.165, 1.54) is 11.8 Å². The standard InChI is InChI=1S/C24H18ClN3O2S/c1-16-14-17(25)9-11-21(16)30-18-10-12-22(27-15-18)28-23(29)20-8-5-13-26-24(20)31-19-6-3-2-4-7-19/h2-15H,1H3,(H,27,28,29). The Morgan fingerprint density at radius 1 is 1.00 bits per heavy atom. The van der Waals surface area contributed by atoms with Crippen LogP contribution in [0.4, 0.5) is 5.82 Å². The maximum Gasteiger partial charge on any atom is 0.259 e. The van der Waals surface area contributed by atoms with Crippen LogP contribution in [0.5, 0.6) is 11.5 Å². The monoisotopic (exact) mass is 447 g/mol. The molecule has 0 fully saturated rings. The van der Waals surface area contributed by atoms with Crippen molar-refractivity contribution in [3.8, 4) is 11.5 Å². The van der Waals surface area contributed by atoms with Gasteiger partial charge in [0.2, 0.25) is 0 Å². The summed E-state index contributed by atoms with van der Waals surface area (Å²) >= 11 is 7.42. The normalized spacial score (nSPS) is 10.5. The second-order valence-corrected chi connectivity index (χ2v) is 8.12. The molecule has 0 aliphatic rings. The molecule has 0 atom stereocenters. The van der Waals surface area contributed by atoms with E-state index in [1.807, 2.05) is 49.4 Å². The summed E-state index contributed by atoms with van der Waals surface area (Å²) in [6, 6.07) is 22.1. The van der Waals surface area contributed by atoms with E-state index in [4.69, 9.17) is 16.3 Å². The fourth-order valence-corrected chi connectivity index (χ4v) is 3.93. The number of carbonyl (C=O) groups excluding carboxylic acids is 1. The van der Waals surface area contributed by atoms with Crippen LogP contribution in [0.2, 0.25) is 5.02 Å². The predicted octanol–water partition coefficient (Wildman–Crippen LogP) is 6.63. The third kappa shape index (κ3) is 5.42. The van der Waals surface area contributed by atoms with Crippen molar-refractivity contribution >= 4 is 35.1 Å². The number of nitrogens with zero attached hydrogens (tertiary/aromatic N) is 2. The van der Waals surface area contributed by atoms with Crippen LogP contribution in [-0.2, 0) is 0 Å². The van der Waals surface area contributed by atoms with E-state index in [2.05, 4.69) is 15.3 Å². The molecule has 4 rings (SSSR count). The van der Waals surface area contributed by atoms with Crippen LogP contribution in [0.3, 0.4) is 0 Å². The fourth-order valence-electron chi connectivity index (χ4n) is 2.80. The molecule has 5 nitrogen and oxygen atoms in total. The van der Waals surface area contributed by atoms with Crippen LogP contribution in [0.15, 0.2) is 95.1 Å². The van der Waals surface area contributed by atoms with Crippen molar-refractivity contribution in [2.24, 2.45) is 0 Å². The largest absolute Gasteiger partial charge is 0.455 e. The summed E-state index contributed by atoms with van der Waals surface area (Å²) in [6.45, 7) is 1.92. The molecule has 4 aromatic rings. The Balaban J connectivity index is 1.46. The van der Waals surface area contributed by atoms with Gasteiger partial charge in [0.25, 0.3) is 5.91 Å². The number of rotatable bonds is 6. The first-order valence-corrected chi connectivity index (χ1v) is 10.7. The van der Waals surface area contributed by atoms with Crippen molar-refractivity contribution < 1.29 is 9.53 Å². The van der Waals surface area contributed by atoms with Gasteiger partial charge in [-0.1, -0.05) is 41.6 Å². The van der Waals surface area contributed by atoms with Gasteiger partial charge in [-0.05, 0) is 67.1 Å². The van der Waals surface area contributed by atoms with E-state index < -0.39 is 0 Å². The van der Waals surface area contributed by atoms with Crippen molar-refractivity contribution in [3.05, 3.63) is 101 Å². The van der Waals surface area contributed by atoms with Crippen molar-refractivity contribution in [2.45, 2.75) is 16.8 Å². The number of ether oxygens (including phenoxy) is 1. The van der Waals surface area contributed by atoms with E-state index in [1.54, 1.807) is 42.7 Å². The second kappa shape index (κ2) is 9.64. The molecule has 0 radical (unpaired) electrons. The number of aryl methyl sites for hydroxylation is 1. The summed E-state index contributed by atoms with van der Waals surface area (Å²) < 4.78 is 5.85. The maximum atomic E-state index is 12.8. The molecular formula is C24H18ClN3O2S. The number of anilines is 1. The summed E-state index contributed by atoms with van der Waals surface area (Å²) in [7, 11) is 0. The van der Waals surface area contributed by atoms with Crippen LogP contribution in [-0.4, -0.2) is 15.9 Å². The van der Waals surface area contributed by atoms with E-state index in [-0.39, 0.29) is 5.91 Å². The number of carbonyl (C=O) groups is 1. The molecule has 0 unspecified atom stereocenters. The highest BCUT2D eigenvalue weighted by atomic mass is 35.5. The molecule has 0 saturated heterocycles. The number of aromatic nitrogens is 2. The quantitative estimate of drug-likeness (QED) is 0.359. The van der Waals surface area contributed by atoms with Gasteiger partial charge in [0, 0.05) is 16.1 Å². The average Bonchev–Trinajstić information content (AvgIpc) is 2.78. The molecule has 2 heterocycles. The van der Waals surface area contributed by atoms with Crippen molar-refractivity contribution in [2.75, 3.05) is 5.32 Å². The van der Waals surface area contributed by atoms with Gasteiger partial charge < -0.3 is 10.1 Å². The topological polar surface area (TPSA) is 64.1 Å². The highest BCUT2D eigenvalue weighted by Crippen LogP contribution is 2.29. The van der Waals surface area contributed by atoms with E-state index in [0.29, 0.717) is 32.9 Å². The molecule has 31 heavy (non-hydrogen) atoms. The van der Waals surface area contributed by atoms with Gasteiger partial charge in [-0.3, -0.25) is 4.79 Å². The zero-order valence-electron chi connectivity index (χ0n) is 16.6. The molecule has 0 aliphatic heterocycles. The summed E-state index contributed by atoms with van der Waals surface area (Å²) in [5.74, 6) is 1.40. The first-order chi connectivity index (χ1) is 15.1. The molecule has 2 aromatic heterocycles. The molecular weight excluding hydrogens is 430 g/mol. The Morgan fingerprint density at radius 2 is 1.84 bits per heavy atom. The number of nitrogens with one attached hydrogen (secondary N) is 1. The van der Waals surface area contributed by atoms with E-state index in [9.17, 15) is 4.79 Å². The molecule has 0 aliphatic carbocycles. The van der Waals surface area contributed by atoms with Gasteiger partial charge >= 0.3 is 0 Å². The van der Waals surface area contributed by atoms with Crippen LogP contribution in [0.25, 0.3) is 0 Å². The van der Waals surface area contributed by atoms with Gasteiger partial charge in [0.15, 0.2) is 0 Å². The molecule has 0 saturated carbocycles. The zero-order valence-corrected chi connectivity index (χ0v) is 18.2. The van der Waals surface area contributed by atoms with Gasteiger partial charge in [-0.25, -0.2) is 9.97 Å². The summed E-state index contributed by atoms with van der Waals surface area (Å²) in [5.41, 5.74) is 1.40. The highest BCUT2D eigenvalue weighted by Gasteiger charge is 2.14. The van der Waals surface area contributed by atoms with Crippen LogP contribution < -0.4 is 10.1 Å². The molecule has 1 amide bonds. The number of hydrogen-bond acceptors (Lipinski definition) is 5. The number of halogens is 1. The van der Waals surface area contributed by atoms with Crippen molar-refractivity contribution in [1.82, 2.24) is 9.97 Å². The minimum atomic E-state index is -0.277. The zero-order chi connectivity index (χ0) is 21.6. The van der Waals surface area contributed by atoms with Crippen molar-refractivity contribution in [1.29, 1.82) is 0 Å². The smallest absolute Gasteiger partial charge is 0.259 e. The molecule has 0 bridgehead atoms. The number of hydrogen-bond donors (Lipinski definition) is 1. The van der Waals surface area contributed by atoms with Gasteiger partial charge in [-0.2, -0.15) is 0 Å². The second-order valence-electron chi connectivity index (χ2n) is 6.62. The van der Waals surface area contributed by atoms with Gasteiger partial charge in [-0.15, -0.1) is 0 Å². The average molecular weight is 448 g/mol. The van der Waals surface area contributed by atoms with E-state index in [0.717, 1.165) is 10.5 Å². The van der Waals surface area contributed by atoms with Crippen LogP contribution >= 0.6 is 23.4 Å². The van der Waals surface area contributed by atoms with Crippen molar-refractivity contribution in [3.63, 3.8) is 0 Å². The third-order valence-corrected chi connectivity index (χ3v) is 5.58. The lowest BCUT2D eigenvalue weighted by atomic mass is 10.2. The number of amides is 1. The third-order valence-electron chi connectivity index (χ3n) is 4.32. The lowest BCUT2D eigenvalue weighted by Crippen LogP contribution is -2.14. The van der Waals surface area contributed by atoms with Crippen LogP contribution in [0, 0.1) is 6.92 Å². The minimum absolute atomic E-state index is 0.277. The Labute approximate surface area is 189 Å². The molecule has 0 spiro atoms. The Hall–Kier alpha value is -3.35. The molecule has 1 N–H and O–H groups in total. The van der Waals surface area contributed by atoms with Crippen LogP contribution in [0.1, 0.15) is 15.9 Å². The lowest BCUT2D eigenvalue weighted by Gasteiger charge is -2.10. The van der Waals surface area contributed by atoms with Gasteiger partial charge in [0.05, 0.1) is 11.8 Å². The lowest BCUT2D eigenvalue weighted by molar-refractivity contribution is 0.102. The van der Waals surface area contributed by atoms with Gasteiger partial charge in [0.1, 0.15) is 22.3 Å². The SMILES string of the molecule is Cc1cc(Cl)ccc1Oc1ccc(NC(=O)c2cccnc2Sc2ccccc2)nc1. The predicted molar refractivity (Wildman–Crippen MR) is 123 cm³/mol. The molecule has 7 heteroatoms. The maximum absolute atomic E-state index is 12.8. The Morgan fingerprint density at radius 3 is 2.58 bits per heavy atom. The first kappa shape index (κ1) is 20.9. The number of benzene rings is 2. The van der Waals surface area contributed by atoms with E-state index >= 15 is 0 Å². The number of pyridine rings is 2. The Kier molecular flexibility index (Phi) is 6.50. The molecule has 154 valence electrons. The molecule has 2 aromatic carbocycles. The fraction of sp³-hybridized carbons (Fsp3) is 0.0417.